The molecule has 3 aromatic rings. The molecule has 0 aliphatic carbocycles. The number of hydrogen-bond donors (Lipinski definition) is 0. The first-order valence-corrected chi connectivity index (χ1v) is 9.83. The highest BCUT2D eigenvalue weighted by Gasteiger charge is 2.21. The predicted octanol–water partition coefficient (Wildman–Crippen LogP) is 4.57. The van der Waals surface area contributed by atoms with Gasteiger partial charge < -0.3 is 4.57 Å². The normalized spacial score (nSPS) is 14.6. The summed E-state index contributed by atoms with van der Waals surface area (Å²) in [6.45, 7) is 11.7. The van der Waals surface area contributed by atoms with Gasteiger partial charge >= 0.3 is 0 Å². The first-order chi connectivity index (χ1) is 13.0. The minimum Gasteiger partial charge on any atom is -0.318 e. The molecule has 1 aliphatic heterocycles. The fourth-order valence-electron chi connectivity index (χ4n) is 4.01. The number of hydrogen-bond acceptors (Lipinski definition) is 3. The van der Waals surface area contributed by atoms with E-state index in [1.807, 2.05) is 6.20 Å². The van der Waals surface area contributed by atoms with Crippen LogP contribution in [-0.2, 0) is 19.5 Å². The maximum absolute atomic E-state index is 4.79. The second-order valence-corrected chi connectivity index (χ2v) is 7.88. The molecule has 0 saturated heterocycles. The second-order valence-electron chi connectivity index (χ2n) is 7.88. The van der Waals surface area contributed by atoms with E-state index in [0.29, 0.717) is 5.92 Å². The summed E-state index contributed by atoms with van der Waals surface area (Å²) >= 11 is 0. The van der Waals surface area contributed by atoms with Gasteiger partial charge in [-0.05, 0) is 37.6 Å². The third-order valence-electron chi connectivity index (χ3n) is 5.49. The molecular formula is C23H28N4. The number of nitrogens with zero attached hydrogens (tertiary/aromatic N) is 4. The van der Waals surface area contributed by atoms with E-state index in [9.17, 15) is 0 Å². The second kappa shape index (κ2) is 7.28. The molecule has 4 heteroatoms. The van der Waals surface area contributed by atoms with E-state index in [-0.39, 0.29) is 0 Å². The van der Waals surface area contributed by atoms with Gasteiger partial charge in [-0.1, -0.05) is 32.0 Å². The molecule has 0 bridgehead atoms. The Morgan fingerprint density at radius 1 is 1.11 bits per heavy atom. The monoisotopic (exact) mass is 360 g/mol. The highest BCUT2D eigenvalue weighted by atomic mass is 15.1. The Morgan fingerprint density at radius 3 is 2.63 bits per heavy atom. The lowest BCUT2D eigenvalue weighted by Crippen LogP contribution is -2.31. The van der Waals surface area contributed by atoms with Gasteiger partial charge in [0, 0.05) is 66.5 Å². The van der Waals surface area contributed by atoms with Crippen molar-refractivity contribution in [2.45, 2.75) is 53.1 Å². The predicted molar refractivity (Wildman–Crippen MR) is 109 cm³/mol. The Kier molecular flexibility index (Phi) is 4.83. The average molecular weight is 361 g/mol. The quantitative estimate of drug-likeness (QED) is 0.684. The van der Waals surface area contributed by atoms with Crippen LogP contribution < -0.4 is 0 Å². The Morgan fingerprint density at radius 2 is 1.89 bits per heavy atom. The smallest absolute Gasteiger partial charge is 0.131 e. The third kappa shape index (κ3) is 3.54. The highest BCUT2D eigenvalue weighted by molar-refractivity contribution is 5.41. The molecule has 140 valence electrons. The summed E-state index contributed by atoms with van der Waals surface area (Å²) in [7, 11) is 0. The van der Waals surface area contributed by atoms with Crippen molar-refractivity contribution in [2.24, 2.45) is 0 Å². The molecule has 0 unspecified atom stereocenters. The van der Waals surface area contributed by atoms with Crippen LogP contribution in [0.1, 0.15) is 53.8 Å². The Labute approximate surface area is 161 Å². The Hall–Kier alpha value is -2.46. The zero-order valence-electron chi connectivity index (χ0n) is 16.7. The first-order valence-electron chi connectivity index (χ1n) is 9.83. The van der Waals surface area contributed by atoms with Crippen LogP contribution in [0, 0.1) is 13.8 Å². The molecule has 0 fully saturated rings. The van der Waals surface area contributed by atoms with E-state index in [4.69, 9.17) is 4.98 Å². The summed E-state index contributed by atoms with van der Waals surface area (Å²) in [6.07, 6.45) is 3.05. The van der Waals surface area contributed by atoms with E-state index in [2.05, 4.69) is 78.5 Å². The number of benzene rings is 1. The molecular weight excluding hydrogens is 332 g/mol. The standard InChI is InChI=1S/C23H28N4/c1-16(2)23-24-13-20-15-26(11-10-22(20)25-23)14-19-12-17(3)27(18(19)4)21-8-6-5-7-9-21/h5-9,12-13,16H,10-11,14-15H2,1-4H3. The molecule has 1 aliphatic rings. The minimum absolute atomic E-state index is 0.386. The zero-order chi connectivity index (χ0) is 19.0. The first kappa shape index (κ1) is 17.9. The Bertz CT molecular complexity index is 941. The molecule has 1 aromatic carbocycles. The molecule has 0 saturated carbocycles. The Balaban J connectivity index is 1.54. The van der Waals surface area contributed by atoms with Crippen LogP contribution in [0.3, 0.4) is 0 Å². The van der Waals surface area contributed by atoms with Gasteiger partial charge in [-0.15, -0.1) is 0 Å². The molecule has 0 N–H and O–H groups in total. The molecule has 0 amide bonds. The lowest BCUT2D eigenvalue weighted by atomic mass is 10.1. The van der Waals surface area contributed by atoms with Crippen LogP contribution in [0.2, 0.25) is 0 Å². The fraction of sp³-hybridized carbons (Fsp3) is 0.391. The van der Waals surface area contributed by atoms with E-state index >= 15 is 0 Å². The number of aryl methyl sites for hydroxylation is 1. The van der Waals surface area contributed by atoms with E-state index < -0.39 is 0 Å². The van der Waals surface area contributed by atoms with Crippen molar-refractivity contribution in [3.05, 3.63) is 76.6 Å². The van der Waals surface area contributed by atoms with Crippen LogP contribution in [-0.4, -0.2) is 26.0 Å². The molecule has 4 rings (SSSR count). The maximum Gasteiger partial charge on any atom is 0.131 e. The van der Waals surface area contributed by atoms with Gasteiger partial charge in [0.05, 0.1) is 0 Å². The van der Waals surface area contributed by atoms with Gasteiger partial charge in [-0.3, -0.25) is 4.90 Å². The summed E-state index contributed by atoms with van der Waals surface area (Å²) in [5, 5.41) is 0. The number of rotatable bonds is 4. The minimum atomic E-state index is 0.386. The van der Waals surface area contributed by atoms with Gasteiger partial charge in [0.1, 0.15) is 5.82 Å². The van der Waals surface area contributed by atoms with E-state index in [1.165, 1.54) is 33.9 Å². The van der Waals surface area contributed by atoms with Crippen LogP contribution in [0.5, 0.6) is 0 Å². The van der Waals surface area contributed by atoms with Gasteiger partial charge in [-0.2, -0.15) is 0 Å². The lowest BCUT2D eigenvalue weighted by molar-refractivity contribution is 0.242. The number of aromatic nitrogens is 3. The SMILES string of the molecule is Cc1cc(CN2CCc3nc(C(C)C)ncc3C2)c(C)n1-c1ccccc1. The zero-order valence-corrected chi connectivity index (χ0v) is 16.7. The molecule has 0 atom stereocenters. The van der Waals surface area contributed by atoms with Crippen molar-refractivity contribution in [1.29, 1.82) is 0 Å². The summed E-state index contributed by atoms with van der Waals surface area (Å²) in [6, 6.07) is 12.9. The summed E-state index contributed by atoms with van der Waals surface area (Å²) in [5.74, 6) is 1.35. The van der Waals surface area contributed by atoms with Crippen LogP contribution in [0.4, 0.5) is 0 Å². The lowest BCUT2D eigenvalue weighted by Gasteiger charge is -2.28. The molecule has 0 spiro atoms. The largest absolute Gasteiger partial charge is 0.318 e. The highest BCUT2D eigenvalue weighted by Crippen LogP contribution is 2.25. The molecule has 3 heterocycles. The molecule has 2 aromatic heterocycles. The number of para-hydroxylation sites is 1. The van der Waals surface area contributed by atoms with Crippen molar-refractivity contribution < 1.29 is 0 Å². The van der Waals surface area contributed by atoms with Crippen molar-refractivity contribution >= 4 is 0 Å². The van der Waals surface area contributed by atoms with E-state index in [0.717, 1.165) is 31.9 Å². The van der Waals surface area contributed by atoms with Crippen molar-refractivity contribution in [2.75, 3.05) is 6.54 Å². The van der Waals surface area contributed by atoms with Gasteiger partial charge in [0.15, 0.2) is 0 Å². The molecule has 27 heavy (non-hydrogen) atoms. The molecule has 4 nitrogen and oxygen atoms in total. The van der Waals surface area contributed by atoms with E-state index in [1.54, 1.807) is 0 Å². The van der Waals surface area contributed by atoms with Crippen LogP contribution in [0.25, 0.3) is 5.69 Å². The van der Waals surface area contributed by atoms with Gasteiger partial charge in [0.25, 0.3) is 0 Å². The van der Waals surface area contributed by atoms with Crippen molar-refractivity contribution in [1.82, 2.24) is 19.4 Å². The van der Waals surface area contributed by atoms with Crippen molar-refractivity contribution in [3.63, 3.8) is 0 Å². The number of fused-ring (bicyclic) bond motifs is 1. The molecule has 0 radical (unpaired) electrons. The van der Waals surface area contributed by atoms with Gasteiger partial charge in [0.2, 0.25) is 0 Å². The topological polar surface area (TPSA) is 34.0 Å². The third-order valence-corrected chi connectivity index (χ3v) is 5.49. The van der Waals surface area contributed by atoms with Crippen LogP contribution in [0.15, 0.2) is 42.6 Å². The maximum atomic E-state index is 4.79. The summed E-state index contributed by atoms with van der Waals surface area (Å²) in [5.41, 5.74) is 7.77. The van der Waals surface area contributed by atoms with Crippen LogP contribution >= 0.6 is 0 Å². The van der Waals surface area contributed by atoms with Crippen molar-refractivity contribution in [3.8, 4) is 5.69 Å². The average Bonchev–Trinajstić information content (AvgIpc) is 2.95. The fourth-order valence-corrected chi connectivity index (χ4v) is 4.01. The summed E-state index contributed by atoms with van der Waals surface area (Å²) < 4.78 is 2.35. The summed E-state index contributed by atoms with van der Waals surface area (Å²) in [4.78, 5) is 11.9. The van der Waals surface area contributed by atoms with Gasteiger partial charge in [-0.25, -0.2) is 9.97 Å².